The van der Waals surface area contributed by atoms with Crippen molar-refractivity contribution in [2.45, 2.75) is 122 Å². The van der Waals surface area contributed by atoms with E-state index in [-0.39, 0.29) is 6.09 Å². The minimum absolute atomic E-state index is 0.146. The van der Waals surface area contributed by atoms with Crippen LogP contribution in [0.2, 0.25) is 0 Å². The van der Waals surface area contributed by atoms with E-state index in [1.54, 1.807) is 12.7 Å². The van der Waals surface area contributed by atoms with Gasteiger partial charge in [-0.25, -0.2) is 4.79 Å². The molecule has 6 rings (SSSR count). The van der Waals surface area contributed by atoms with Crippen LogP contribution in [0.3, 0.4) is 0 Å². The number of amides is 1. The van der Waals surface area contributed by atoms with E-state index in [9.17, 15) is 4.79 Å². The fraction of sp³-hybridized carbons (Fsp3) is 0.667. The van der Waals surface area contributed by atoms with Crippen molar-refractivity contribution < 1.29 is 14.3 Å². The zero-order valence-corrected chi connectivity index (χ0v) is 28.8. The molecule has 2 aliphatic heterocycles. The fourth-order valence-electron chi connectivity index (χ4n) is 8.93. The van der Waals surface area contributed by atoms with Crippen molar-refractivity contribution in [3.8, 4) is 5.75 Å². The van der Waals surface area contributed by atoms with Crippen molar-refractivity contribution in [2.75, 3.05) is 39.8 Å². The van der Waals surface area contributed by atoms with Gasteiger partial charge >= 0.3 is 6.09 Å². The highest BCUT2D eigenvalue weighted by molar-refractivity contribution is 5.68. The molecule has 1 unspecified atom stereocenters. The number of hydrogen-bond donors (Lipinski definition) is 0. The van der Waals surface area contributed by atoms with Crippen LogP contribution in [0.25, 0.3) is 0 Å². The molecule has 6 nitrogen and oxygen atoms in total. The van der Waals surface area contributed by atoms with Gasteiger partial charge in [0.25, 0.3) is 0 Å². The zero-order valence-electron chi connectivity index (χ0n) is 28.8. The average Bonchev–Trinajstić information content (AvgIpc) is 3.03. The summed E-state index contributed by atoms with van der Waals surface area (Å²) in [6.45, 7) is 15.7. The first-order valence-corrected chi connectivity index (χ1v) is 17.7. The highest BCUT2D eigenvalue weighted by Crippen LogP contribution is 2.53. The maximum Gasteiger partial charge on any atom is 0.410 e. The maximum atomic E-state index is 12.7. The lowest BCUT2D eigenvalue weighted by atomic mass is 9.59. The number of carbonyl (C=O) groups is 1. The number of rotatable bonds is 6. The number of piperidine rings is 1. The minimum atomic E-state index is -0.437. The van der Waals surface area contributed by atoms with Gasteiger partial charge in [0.1, 0.15) is 11.4 Å². The molecule has 4 fully saturated rings. The Labute approximate surface area is 272 Å². The van der Waals surface area contributed by atoms with E-state index in [4.69, 9.17) is 9.47 Å². The summed E-state index contributed by atoms with van der Waals surface area (Å²) >= 11 is 0. The number of benzene rings is 2. The number of methoxy groups -OCH3 is 1. The quantitative estimate of drug-likeness (QED) is 0.327. The number of piperazine rings is 1. The van der Waals surface area contributed by atoms with Gasteiger partial charge in [-0.1, -0.05) is 50.2 Å². The van der Waals surface area contributed by atoms with E-state index in [0.717, 1.165) is 44.8 Å². The summed E-state index contributed by atoms with van der Waals surface area (Å²) in [5.41, 5.74) is 4.48. The second-order valence-corrected chi connectivity index (χ2v) is 15.8. The molecule has 1 amide bonds. The predicted octanol–water partition coefficient (Wildman–Crippen LogP) is 8.38. The molecule has 4 aliphatic rings. The lowest BCUT2D eigenvalue weighted by Gasteiger charge is -2.58. The van der Waals surface area contributed by atoms with Gasteiger partial charge in [0.2, 0.25) is 0 Å². The molecule has 2 aliphatic carbocycles. The third-order valence-electron chi connectivity index (χ3n) is 11.5. The molecular formula is C39H57N3O3. The van der Waals surface area contributed by atoms with Crippen LogP contribution in [0.4, 0.5) is 4.79 Å². The van der Waals surface area contributed by atoms with Crippen LogP contribution in [0.1, 0.15) is 121 Å². The van der Waals surface area contributed by atoms with Crippen LogP contribution in [0, 0.1) is 5.41 Å². The van der Waals surface area contributed by atoms with Crippen molar-refractivity contribution >= 4 is 6.09 Å². The van der Waals surface area contributed by atoms with Crippen molar-refractivity contribution in [3.05, 3.63) is 65.2 Å². The van der Waals surface area contributed by atoms with Crippen LogP contribution in [-0.4, -0.2) is 78.3 Å². The number of hydrogen-bond acceptors (Lipinski definition) is 5. The molecule has 0 N–H and O–H groups in total. The molecule has 1 atom stereocenters. The van der Waals surface area contributed by atoms with Gasteiger partial charge in [-0.05, 0) is 118 Å². The molecule has 0 bridgehead atoms. The summed E-state index contributed by atoms with van der Waals surface area (Å²) in [6, 6.07) is 19.8. The molecule has 2 aromatic carbocycles. The van der Waals surface area contributed by atoms with Gasteiger partial charge < -0.3 is 14.4 Å². The number of nitrogens with zero attached hydrogens (tertiary/aromatic N) is 3. The molecule has 1 spiro atoms. The number of likely N-dealkylation sites (tertiary alicyclic amines) is 1. The van der Waals surface area contributed by atoms with Crippen molar-refractivity contribution in [1.29, 1.82) is 0 Å². The number of carbonyl (C=O) groups excluding carboxylic acids is 1. The first kappa shape index (κ1) is 32.4. The van der Waals surface area contributed by atoms with Gasteiger partial charge in [0.05, 0.1) is 7.11 Å². The first-order valence-electron chi connectivity index (χ1n) is 17.7. The van der Waals surface area contributed by atoms with Crippen molar-refractivity contribution in [2.24, 2.45) is 5.41 Å². The summed E-state index contributed by atoms with van der Waals surface area (Å²) < 4.78 is 11.1. The summed E-state index contributed by atoms with van der Waals surface area (Å²) in [5, 5.41) is 0. The fourth-order valence-corrected chi connectivity index (χ4v) is 8.93. The standard InChI is InChI=1S/C39H57N3O3/c1-28(2)34-9-7-8-10-35(34)36-27-41(31-15-11-29(12-16-31)30-13-17-33(44-6)18-14-30)23-24-42(36)32-25-39(26-32)19-21-40(22-20-39)37(43)45-38(3,4)5/h7-10,13-14,17-18,28-29,31-32,36H,11-12,15-16,19-27H2,1-6H3. The number of ether oxygens (including phenoxy) is 2. The molecule has 0 aromatic heterocycles. The van der Waals surface area contributed by atoms with E-state index in [0.29, 0.717) is 35.4 Å². The van der Waals surface area contributed by atoms with Crippen LogP contribution < -0.4 is 4.74 Å². The summed E-state index contributed by atoms with van der Waals surface area (Å²) in [5.74, 6) is 2.13. The summed E-state index contributed by atoms with van der Waals surface area (Å²) in [6.07, 6.45) is 9.72. The normalized spacial score (nSPS) is 26.6. The Bertz CT molecular complexity index is 1280. The van der Waals surface area contributed by atoms with Gasteiger partial charge in [-0.15, -0.1) is 0 Å². The zero-order chi connectivity index (χ0) is 31.8. The summed E-state index contributed by atoms with van der Waals surface area (Å²) in [4.78, 5) is 20.4. The van der Waals surface area contributed by atoms with Gasteiger partial charge in [0.15, 0.2) is 0 Å². The molecule has 2 heterocycles. The predicted molar refractivity (Wildman–Crippen MR) is 182 cm³/mol. The van der Waals surface area contributed by atoms with Crippen molar-refractivity contribution in [3.63, 3.8) is 0 Å². The largest absolute Gasteiger partial charge is 0.497 e. The lowest BCUT2D eigenvalue weighted by molar-refractivity contribution is -0.0831. The van der Waals surface area contributed by atoms with Crippen LogP contribution in [0.15, 0.2) is 48.5 Å². The SMILES string of the molecule is COc1ccc(C2CCC(N3CCN(C4CC5(CCN(C(=O)OC(C)(C)C)CC5)C4)C(c4ccccc4C(C)C)C3)CC2)cc1. The molecule has 2 saturated heterocycles. The molecule has 6 heteroatoms. The Morgan fingerprint density at radius 1 is 0.867 bits per heavy atom. The Balaban J connectivity index is 1.11. The lowest BCUT2D eigenvalue weighted by Crippen LogP contribution is -2.61. The molecule has 2 saturated carbocycles. The van der Waals surface area contributed by atoms with Gasteiger partial charge in [-0.3, -0.25) is 9.80 Å². The molecule has 45 heavy (non-hydrogen) atoms. The highest BCUT2D eigenvalue weighted by atomic mass is 16.6. The van der Waals surface area contributed by atoms with Crippen LogP contribution in [0.5, 0.6) is 5.75 Å². The van der Waals surface area contributed by atoms with Crippen LogP contribution >= 0.6 is 0 Å². The topological polar surface area (TPSA) is 45.2 Å². The highest BCUT2D eigenvalue weighted by Gasteiger charge is 2.51. The van der Waals surface area contributed by atoms with E-state index >= 15 is 0 Å². The minimum Gasteiger partial charge on any atom is -0.497 e. The summed E-state index contributed by atoms with van der Waals surface area (Å²) in [7, 11) is 1.74. The van der Waals surface area contributed by atoms with Crippen molar-refractivity contribution in [1.82, 2.24) is 14.7 Å². The van der Waals surface area contributed by atoms with E-state index in [1.165, 1.54) is 56.2 Å². The third-order valence-corrected chi connectivity index (χ3v) is 11.5. The van der Waals surface area contributed by atoms with E-state index in [2.05, 4.69) is 72.2 Å². The second kappa shape index (κ2) is 13.3. The monoisotopic (exact) mass is 615 g/mol. The van der Waals surface area contributed by atoms with E-state index < -0.39 is 5.60 Å². The Hall–Kier alpha value is -2.57. The Kier molecular flexibility index (Phi) is 9.55. The second-order valence-electron chi connectivity index (χ2n) is 15.8. The molecule has 2 aromatic rings. The molecule has 0 radical (unpaired) electrons. The molecular weight excluding hydrogens is 558 g/mol. The van der Waals surface area contributed by atoms with E-state index in [1.807, 2.05) is 25.7 Å². The van der Waals surface area contributed by atoms with Gasteiger partial charge in [-0.2, -0.15) is 0 Å². The van der Waals surface area contributed by atoms with Gasteiger partial charge in [0, 0.05) is 50.8 Å². The molecule has 246 valence electrons. The maximum absolute atomic E-state index is 12.7. The van der Waals surface area contributed by atoms with Crippen LogP contribution in [-0.2, 0) is 4.74 Å². The Morgan fingerprint density at radius 2 is 1.53 bits per heavy atom. The Morgan fingerprint density at radius 3 is 2.16 bits per heavy atom. The third kappa shape index (κ3) is 7.22. The first-order chi connectivity index (χ1) is 21.5. The average molecular weight is 616 g/mol. The smallest absolute Gasteiger partial charge is 0.410 e.